The number of hydrogen-bond acceptors (Lipinski definition) is 10. The number of ketones is 1. The summed E-state index contributed by atoms with van der Waals surface area (Å²) in [6, 6.07) is 35.1. The van der Waals surface area contributed by atoms with E-state index in [2.05, 4.69) is 0 Å². The van der Waals surface area contributed by atoms with E-state index < -0.39 is 60.2 Å². The van der Waals surface area contributed by atoms with Crippen LogP contribution in [0.25, 0.3) is 0 Å². The quantitative estimate of drug-likeness (QED) is 0.118. The van der Waals surface area contributed by atoms with Gasteiger partial charge in [0, 0.05) is 25.7 Å². The van der Waals surface area contributed by atoms with Crippen molar-refractivity contribution >= 4 is 29.7 Å². The van der Waals surface area contributed by atoms with E-state index in [0.717, 1.165) is 27.8 Å². The minimum absolute atomic E-state index is 0.116. The molecular formula is C43H44O10. The largest absolute Gasteiger partial charge is 0.455 e. The molecule has 0 unspecified atom stereocenters. The van der Waals surface area contributed by atoms with E-state index >= 15 is 0 Å². The molecular weight excluding hydrogens is 676 g/mol. The standard InChI is InChI=1S/C43H44O10/c1-29-17-19-33(20-18-29)24-28-35(45)51-41-39(49)38(48)40(50-34(44)25-21-30-11-5-2-6-12-30)42(52-36(46)26-22-31-13-7-3-8-14-31)43(41)53-37(47)27-23-32-15-9-4-10-16-32/h2-20,38,40-43,48H,21-28H2,1H3/t38-,40+,41-,42-,43+/m0/s1. The number of aliphatic hydroxyl groups excluding tert-OH is 1. The van der Waals surface area contributed by atoms with Crippen molar-refractivity contribution < 1.29 is 48.0 Å². The molecule has 5 atom stereocenters. The van der Waals surface area contributed by atoms with Gasteiger partial charge in [0.15, 0.2) is 24.4 Å². The summed E-state index contributed by atoms with van der Waals surface area (Å²) in [7, 11) is 0. The SMILES string of the molecule is Cc1ccc(CCC(=O)O[C@H]2C(=O)[C@H](O)[C@@H](OC(=O)CCc3ccccc3)[C@H](OC(=O)CCc3ccccc3)[C@@H]2OC(=O)CCc2ccccc2)cc1. The van der Waals surface area contributed by atoms with Crippen LogP contribution in [0.3, 0.4) is 0 Å². The number of benzene rings is 4. The normalized spacial score (nSPS) is 19.5. The maximum Gasteiger partial charge on any atom is 0.306 e. The first-order valence-corrected chi connectivity index (χ1v) is 17.8. The molecule has 0 aliphatic heterocycles. The van der Waals surface area contributed by atoms with Gasteiger partial charge in [-0.05, 0) is 54.9 Å². The molecule has 0 heterocycles. The molecule has 4 aromatic rings. The molecule has 1 saturated carbocycles. The van der Waals surface area contributed by atoms with E-state index in [4.69, 9.17) is 18.9 Å². The average Bonchev–Trinajstić information content (AvgIpc) is 3.18. The Labute approximate surface area is 309 Å². The molecule has 53 heavy (non-hydrogen) atoms. The summed E-state index contributed by atoms with van der Waals surface area (Å²) in [5, 5.41) is 11.3. The molecule has 1 aliphatic carbocycles. The van der Waals surface area contributed by atoms with Crippen LogP contribution in [0.1, 0.15) is 53.5 Å². The number of ether oxygens (including phenoxy) is 4. The zero-order valence-electron chi connectivity index (χ0n) is 29.6. The van der Waals surface area contributed by atoms with Crippen molar-refractivity contribution in [2.24, 2.45) is 0 Å². The zero-order chi connectivity index (χ0) is 37.6. The highest BCUT2D eigenvalue weighted by Gasteiger charge is 2.57. The number of aryl methyl sites for hydroxylation is 5. The highest BCUT2D eigenvalue weighted by atomic mass is 16.6. The third kappa shape index (κ3) is 11.7. The number of Topliss-reactive ketones (excluding diaryl/α,β-unsaturated/α-hetero) is 1. The monoisotopic (exact) mass is 720 g/mol. The zero-order valence-corrected chi connectivity index (χ0v) is 29.6. The van der Waals surface area contributed by atoms with E-state index in [-0.39, 0.29) is 25.7 Å². The molecule has 0 aromatic heterocycles. The fourth-order valence-electron chi connectivity index (χ4n) is 6.06. The molecule has 0 radical (unpaired) electrons. The average molecular weight is 721 g/mol. The van der Waals surface area contributed by atoms with Crippen LogP contribution in [-0.2, 0) is 68.6 Å². The van der Waals surface area contributed by atoms with Crippen LogP contribution < -0.4 is 0 Å². The van der Waals surface area contributed by atoms with Gasteiger partial charge in [-0.3, -0.25) is 24.0 Å². The van der Waals surface area contributed by atoms with Crippen molar-refractivity contribution in [1.29, 1.82) is 0 Å². The maximum atomic E-state index is 13.8. The Kier molecular flexibility index (Phi) is 14.1. The van der Waals surface area contributed by atoms with E-state index in [1.54, 1.807) is 0 Å². The number of hydrogen-bond donors (Lipinski definition) is 1. The van der Waals surface area contributed by atoms with Gasteiger partial charge in [-0.2, -0.15) is 0 Å². The highest BCUT2D eigenvalue weighted by Crippen LogP contribution is 2.30. The second-order valence-corrected chi connectivity index (χ2v) is 13.1. The molecule has 10 nitrogen and oxygen atoms in total. The fraction of sp³-hybridized carbons (Fsp3) is 0.326. The van der Waals surface area contributed by atoms with Crippen molar-refractivity contribution in [2.75, 3.05) is 0 Å². The minimum Gasteiger partial charge on any atom is -0.455 e. The van der Waals surface area contributed by atoms with Crippen LogP contribution in [0.2, 0.25) is 0 Å². The molecule has 0 spiro atoms. The lowest BCUT2D eigenvalue weighted by molar-refractivity contribution is -0.223. The van der Waals surface area contributed by atoms with Gasteiger partial charge < -0.3 is 24.1 Å². The molecule has 1 N–H and O–H groups in total. The van der Waals surface area contributed by atoms with Crippen molar-refractivity contribution in [1.82, 2.24) is 0 Å². The Morgan fingerprint density at radius 3 is 1.23 bits per heavy atom. The molecule has 1 fully saturated rings. The van der Waals surface area contributed by atoms with Gasteiger partial charge in [0.25, 0.3) is 0 Å². The predicted molar refractivity (Wildman–Crippen MR) is 194 cm³/mol. The lowest BCUT2D eigenvalue weighted by Crippen LogP contribution is -2.65. The van der Waals surface area contributed by atoms with Gasteiger partial charge >= 0.3 is 23.9 Å². The van der Waals surface area contributed by atoms with Crippen molar-refractivity contribution in [3.05, 3.63) is 143 Å². The molecule has 5 rings (SSSR count). The predicted octanol–water partition coefficient (Wildman–Crippen LogP) is 5.42. The summed E-state index contributed by atoms with van der Waals surface area (Å²) in [5.74, 6) is -4.16. The van der Waals surface area contributed by atoms with Crippen LogP contribution in [0.15, 0.2) is 115 Å². The molecule has 4 aromatic carbocycles. The second kappa shape index (κ2) is 19.3. The first kappa shape index (κ1) is 38.6. The Bertz CT molecular complexity index is 1810. The van der Waals surface area contributed by atoms with Crippen molar-refractivity contribution in [2.45, 2.75) is 88.8 Å². The maximum absolute atomic E-state index is 13.8. The van der Waals surface area contributed by atoms with Crippen LogP contribution in [0, 0.1) is 6.92 Å². The summed E-state index contributed by atoms with van der Waals surface area (Å²) in [6.07, 6.45) is -8.34. The summed E-state index contributed by atoms with van der Waals surface area (Å²) in [6.45, 7) is 1.94. The van der Waals surface area contributed by atoms with E-state index in [1.165, 1.54) is 0 Å². The van der Waals surface area contributed by atoms with Gasteiger partial charge in [-0.25, -0.2) is 0 Å². The number of rotatable bonds is 16. The van der Waals surface area contributed by atoms with Crippen LogP contribution in [0.5, 0.6) is 0 Å². The smallest absolute Gasteiger partial charge is 0.306 e. The van der Waals surface area contributed by atoms with Gasteiger partial charge in [-0.1, -0.05) is 121 Å². The lowest BCUT2D eigenvalue weighted by Gasteiger charge is -2.41. The molecule has 1 aliphatic rings. The Hall–Kier alpha value is -5.61. The van der Waals surface area contributed by atoms with E-state index in [9.17, 15) is 29.1 Å². The molecule has 0 bridgehead atoms. The van der Waals surface area contributed by atoms with Gasteiger partial charge in [-0.15, -0.1) is 0 Å². The Balaban J connectivity index is 1.39. The summed E-state index contributed by atoms with van der Waals surface area (Å²) in [4.78, 5) is 67.0. The Morgan fingerprint density at radius 1 is 0.472 bits per heavy atom. The Morgan fingerprint density at radius 2 is 0.811 bits per heavy atom. The lowest BCUT2D eigenvalue weighted by atomic mass is 9.85. The summed E-state index contributed by atoms with van der Waals surface area (Å²) < 4.78 is 23.0. The van der Waals surface area contributed by atoms with Crippen molar-refractivity contribution in [3.8, 4) is 0 Å². The number of esters is 4. The van der Waals surface area contributed by atoms with Crippen molar-refractivity contribution in [3.63, 3.8) is 0 Å². The van der Waals surface area contributed by atoms with Crippen LogP contribution >= 0.6 is 0 Å². The van der Waals surface area contributed by atoms with E-state index in [1.807, 2.05) is 122 Å². The number of carbonyl (C=O) groups excluding carboxylic acids is 5. The third-order valence-corrected chi connectivity index (χ3v) is 9.01. The summed E-state index contributed by atoms with van der Waals surface area (Å²) >= 11 is 0. The van der Waals surface area contributed by atoms with Crippen LogP contribution in [0.4, 0.5) is 0 Å². The highest BCUT2D eigenvalue weighted by molar-refractivity contribution is 5.92. The molecule has 0 saturated heterocycles. The van der Waals surface area contributed by atoms with Gasteiger partial charge in [0.1, 0.15) is 0 Å². The summed E-state index contributed by atoms with van der Waals surface area (Å²) in [5.41, 5.74) is 4.48. The van der Waals surface area contributed by atoms with Gasteiger partial charge in [0.2, 0.25) is 11.9 Å². The topological polar surface area (TPSA) is 143 Å². The minimum atomic E-state index is -2.06. The van der Waals surface area contributed by atoms with Crippen LogP contribution in [-0.4, -0.2) is 65.3 Å². The first-order chi connectivity index (χ1) is 25.7. The first-order valence-electron chi connectivity index (χ1n) is 17.8. The third-order valence-electron chi connectivity index (χ3n) is 9.01. The molecule has 10 heteroatoms. The molecule has 276 valence electrons. The number of aliphatic hydroxyl groups is 1. The fourth-order valence-corrected chi connectivity index (χ4v) is 6.06. The van der Waals surface area contributed by atoms with E-state index in [0.29, 0.717) is 25.7 Å². The molecule has 0 amide bonds. The second-order valence-electron chi connectivity index (χ2n) is 13.1. The number of carbonyl (C=O) groups is 5. The van der Waals surface area contributed by atoms with Gasteiger partial charge in [0.05, 0.1) is 0 Å².